The first-order chi connectivity index (χ1) is 15.2. The number of anilines is 1. The Kier molecular flexibility index (Phi) is 5.57. The molecule has 2 amide bonds. The second-order valence-electron chi connectivity index (χ2n) is 7.66. The van der Waals surface area contributed by atoms with Crippen molar-refractivity contribution in [3.63, 3.8) is 0 Å². The lowest BCUT2D eigenvalue weighted by molar-refractivity contribution is 0.171. The van der Waals surface area contributed by atoms with E-state index in [1.165, 1.54) is 21.0 Å². The number of hydrogen-bond acceptors (Lipinski definition) is 5. The molecule has 0 saturated heterocycles. The fourth-order valence-electron chi connectivity index (χ4n) is 4.10. The second-order valence-corrected chi connectivity index (χ2v) is 8.75. The molecule has 1 aromatic carbocycles. The summed E-state index contributed by atoms with van der Waals surface area (Å²) in [5.41, 5.74) is 3.28. The van der Waals surface area contributed by atoms with Crippen LogP contribution in [0.25, 0.3) is 5.00 Å². The van der Waals surface area contributed by atoms with Gasteiger partial charge in [0, 0.05) is 54.2 Å². The standard InChI is InChI=1S/C23H26N4O3S/c1-2-26-10-7-17-18(22(31-21(17)15-26)27-8-3-4-9-27)14-24-23(28)25-16-5-6-19-20(13-16)30-12-11-29-19/h3-6,8-9,13H,2,7,10-12,14-15H2,1H3,(H2,24,25,28). The summed E-state index contributed by atoms with van der Waals surface area (Å²) in [5.74, 6) is 1.37. The Hall–Kier alpha value is -2.97. The number of amides is 2. The number of nitrogens with one attached hydrogen (secondary N) is 2. The van der Waals surface area contributed by atoms with E-state index in [1.807, 2.05) is 35.6 Å². The average Bonchev–Trinajstić information content (AvgIpc) is 3.45. The number of thiophene rings is 1. The van der Waals surface area contributed by atoms with Crippen LogP contribution in [0.1, 0.15) is 22.9 Å². The fourth-order valence-corrected chi connectivity index (χ4v) is 5.48. The Morgan fingerprint density at radius 2 is 1.97 bits per heavy atom. The largest absolute Gasteiger partial charge is 0.486 e. The summed E-state index contributed by atoms with van der Waals surface area (Å²) in [6.45, 7) is 6.85. The van der Waals surface area contributed by atoms with Crippen LogP contribution >= 0.6 is 11.3 Å². The van der Waals surface area contributed by atoms with Crippen LogP contribution in [-0.4, -0.2) is 41.8 Å². The summed E-state index contributed by atoms with van der Waals surface area (Å²) in [6.07, 6.45) is 5.14. The molecule has 2 N–H and O–H groups in total. The first kappa shape index (κ1) is 20.0. The predicted molar refractivity (Wildman–Crippen MR) is 122 cm³/mol. The van der Waals surface area contributed by atoms with Crippen molar-refractivity contribution in [2.45, 2.75) is 26.4 Å². The van der Waals surface area contributed by atoms with E-state index >= 15 is 0 Å². The van der Waals surface area contributed by atoms with E-state index in [0.29, 0.717) is 36.9 Å². The molecule has 0 bridgehead atoms. The van der Waals surface area contributed by atoms with Crippen molar-refractivity contribution in [3.8, 4) is 16.5 Å². The van der Waals surface area contributed by atoms with Crippen LogP contribution in [0.15, 0.2) is 42.7 Å². The summed E-state index contributed by atoms with van der Waals surface area (Å²) in [7, 11) is 0. The maximum absolute atomic E-state index is 12.6. The minimum Gasteiger partial charge on any atom is -0.486 e. The summed E-state index contributed by atoms with van der Waals surface area (Å²) >= 11 is 1.83. The van der Waals surface area contributed by atoms with Crippen LogP contribution in [0.3, 0.4) is 0 Å². The highest BCUT2D eigenvalue weighted by molar-refractivity contribution is 7.14. The predicted octanol–water partition coefficient (Wildman–Crippen LogP) is 4.01. The van der Waals surface area contributed by atoms with Crippen molar-refractivity contribution >= 4 is 23.1 Å². The molecule has 2 aliphatic heterocycles. The lowest BCUT2D eigenvalue weighted by Gasteiger charge is -2.25. The van der Waals surface area contributed by atoms with Gasteiger partial charge < -0.3 is 24.7 Å². The number of carbonyl (C=O) groups is 1. The van der Waals surface area contributed by atoms with Crippen molar-refractivity contribution < 1.29 is 14.3 Å². The molecule has 7 nitrogen and oxygen atoms in total. The number of nitrogens with zero attached hydrogens (tertiary/aromatic N) is 2. The van der Waals surface area contributed by atoms with Crippen LogP contribution < -0.4 is 20.1 Å². The zero-order valence-corrected chi connectivity index (χ0v) is 18.3. The second kappa shape index (κ2) is 8.64. The topological polar surface area (TPSA) is 67.8 Å². The van der Waals surface area contributed by atoms with Crippen molar-refractivity contribution in [1.82, 2.24) is 14.8 Å². The van der Waals surface area contributed by atoms with Gasteiger partial charge in [0.1, 0.15) is 18.2 Å². The normalized spacial score (nSPS) is 15.4. The third kappa shape index (κ3) is 4.13. The maximum Gasteiger partial charge on any atom is 0.319 e. The van der Waals surface area contributed by atoms with Gasteiger partial charge in [0.2, 0.25) is 0 Å². The monoisotopic (exact) mass is 438 g/mol. The molecule has 5 rings (SSSR count). The van der Waals surface area contributed by atoms with E-state index in [2.05, 4.69) is 39.4 Å². The molecule has 0 atom stereocenters. The van der Waals surface area contributed by atoms with Gasteiger partial charge in [-0.15, -0.1) is 11.3 Å². The summed E-state index contributed by atoms with van der Waals surface area (Å²) in [5, 5.41) is 7.14. The van der Waals surface area contributed by atoms with E-state index in [-0.39, 0.29) is 6.03 Å². The number of benzene rings is 1. The highest BCUT2D eigenvalue weighted by Gasteiger charge is 2.24. The third-order valence-electron chi connectivity index (χ3n) is 5.74. The molecule has 0 saturated carbocycles. The zero-order valence-electron chi connectivity index (χ0n) is 17.5. The van der Waals surface area contributed by atoms with Gasteiger partial charge in [0.05, 0.1) is 0 Å². The van der Waals surface area contributed by atoms with Gasteiger partial charge in [0.15, 0.2) is 11.5 Å². The molecular formula is C23H26N4O3S. The molecule has 162 valence electrons. The van der Waals surface area contributed by atoms with Crippen LogP contribution in [0.5, 0.6) is 11.5 Å². The van der Waals surface area contributed by atoms with Gasteiger partial charge in [0.25, 0.3) is 0 Å². The van der Waals surface area contributed by atoms with Gasteiger partial charge in [-0.2, -0.15) is 0 Å². The highest BCUT2D eigenvalue weighted by Crippen LogP contribution is 2.36. The van der Waals surface area contributed by atoms with Crippen molar-refractivity contribution in [2.24, 2.45) is 0 Å². The molecule has 3 aromatic rings. The van der Waals surface area contributed by atoms with Gasteiger partial charge in [-0.05, 0) is 42.8 Å². The molecule has 2 aromatic heterocycles. The van der Waals surface area contributed by atoms with E-state index in [9.17, 15) is 4.79 Å². The van der Waals surface area contributed by atoms with Gasteiger partial charge >= 0.3 is 6.03 Å². The lowest BCUT2D eigenvalue weighted by Crippen LogP contribution is -2.31. The molecule has 2 aliphatic rings. The molecular weight excluding hydrogens is 412 g/mol. The van der Waals surface area contributed by atoms with Crippen LogP contribution in [0, 0.1) is 0 Å². The number of urea groups is 1. The number of aromatic nitrogens is 1. The minimum atomic E-state index is -0.235. The molecule has 31 heavy (non-hydrogen) atoms. The van der Waals surface area contributed by atoms with Gasteiger partial charge in [-0.25, -0.2) is 4.79 Å². The fraction of sp³-hybridized carbons (Fsp3) is 0.348. The van der Waals surface area contributed by atoms with Crippen LogP contribution in [-0.2, 0) is 19.5 Å². The van der Waals surface area contributed by atoms with Crippen LogP contribution in [0.4, 0.5) is 10.5 Å². The smallest absolute Gasteiger partial charge is 0.319 e. The Balaban J connectivity index is 1.32. The first-order valence-corrected chi connectivity index (χ1v) is 11.5. The summed E-state index contributed by atoms with van der Waals surface area (Å²) in [6, 6.07) is 9.27. The molecule has 0 fully saturated rings. The van der Waals surface area contributed by atoms with E-state index in [4.69, 9.17) is 9.47 Å². The van der Waals surface area contributed by atoms with E-state index in [1.54, 1.807) is 6.07 Å². The van der Waals surface area contributed by atoms with E-state index < -0.39 is 0 Å². The number of ether oxygens (including phenoxy) is 2. The Bertz CT molecular complexity index is 1080. The first-order valence-electron chi connectivity index (χ1n) is 10.6. The Morgan fingerprint density at radius 3 is 2.77 bits per heavy atom. The SMILES string of the molecule is CCN1CCc2c(sc(-n3cccc3)c2CNC(=O)Nc2ccc3c(c2)OCCO3)C1. The lowest BCUT2D eigenvalue weighted by atomic mass is 10.0. The summed E-state index contributed by atoms with van der Waals surface area (Å²) < 4.78 is 13.3. The Morgan fingerprint density at radius 1 is 1.16 bits per heavy atom. The average molecular weight is 439 g/mol. The molecule has 8 heteroatoms. The quantitative estimate of drug-likeness (QED) is 0.632. The maximum atomic E-state index is 12.6. The number of hydrogen-bond donors (Lipinski definition) is 2. The molecule has 0 spiro atoms. The Labute approximate surface area is 185 Å². The number of carbonyl (C=O) groups excluding carboxylic acids is 1. The van der Waals surface area contributed by atoms with E-state index in [0.717, 1.165) is 26.1 Å². The number of likely N-dealkylation sites (N-methyl/N-ethyl adjacent to an activating group) is 1. The van der Waals surface area contributed by atoms with Gasteiger partial charge in [-0.1, -0.05) is 6.92 Å². The number of rotatable bonds is 5. The molecule has 0 unspecified atom stereocenters. The molecule has 0 aliphatic carbocycles. The minimum absolute atomic E-state index is 0.235. The van der Waals surface area contributed by atoms with Gasteiger partial charge in [-0.3, -0.25) is 4.90 Å². The molecule has 0 radical (unpaired) electrons. The highest BCUT2D eigenvalue weighted by atomic mass is 32.1. The van der Waals surface area contributed by atoms with Crippen molar-refractivity contribution in [2.75, 3.05) is 31.6 Å². The number of fused-ring (bicyclic) bond motifs is 2. The van der Waals surface area contributed by atoms with Crippen LogP contribution in [0.2, 0.25) is 0 Å². The molecule has 4 heterocycles. The van der Waals surface area contributed by atoms with Crippen molar-refractivity contribution in [1.29, 1.82) is 0 Å². The third-order valence-corrected chi connectivity index (χ3v) is 7.01. The zero-order chi connectivity index (χ0) is 21.2. The summed E-state index contributed by atoms with van der Waals surface area (Å²) in [4.78, 5) is 16.5. The van der Waals surface area contributed by atoms with Crippen molar-refractivity contribution in [3.05, 3.63) is 58.7 Å².